The first-order chi connectivity index (χ1) is 9.47. The Morgan fingerprint density at radius 2 is 2.00 bits per heavy atom. The molecule has 0 aliphatic rings. The molecule has 0 unspecified atom stereocenters. The molecule has 0 saturated carbocycles. The molecule has 0 aliphatic heterocycles. The minimum atomic E-state index is -0.528. The van der Waals surface area contributed by atoms with Gasteiger partial charge in [-0.3, -0.25) is 14.9 Å². The summed E-state index contributed by atoms with van der Waals surface area (Å²) in [5, 5.41) is 13.3. The largest absolute Gasteiger partial charge is 0.319 e. The fraction of sp³-hybridized carbons (Fsp3) is 0. The first kappa shape index (κ1) is 14.6. The van der Waals surface area contributed by atoms with E-state index < -0.39 is 10.8 Å². The summed E-state index contributed by atoms with van der Waals surface area (Å²) in [6.07, 6.45) is 1.50. The number of hydrogen-bond acceptors (Lipinski definition) is 4. The third-order valence-corrected chi connectivity index (χ3v) is 3.53. The molecule has 8 heteroatoms. The first-order valence-electron chi connectivity index (χ1n) is 5.34. The van der Waals surface area contributed by atoms with Gasteiger partial charge in [0.15, 0.2) is 0 Å². The number of non-ortho nitro benzene ring substituents is 1. The number of anilines is 1. The molecule has 6 nitrogen and oxygen atoms in total. The lowest BCUT2D eigenvalue weighted by Gasteiger charge is -2.06. The van der Waals surface area contributed by atoms with E-state index in [1.54, 1.807) is 12.1 Å². The molecule has 2 aromatic rings. The maximum absolute atomic E-state index is 12.0. The van der Waals surface area contributed by atoms with Gasteiger partial charge in [-0.05, 0) is 50.1 Å². The molecule has 0 aliphatic carbocycles. The monoisotopic (exact) mass is 399 g/mol. The van der Waals surface area contributed by atoms with Gasteiger partial charge in [0.2, 0.25) is 0 Å². The highest BCUT2D eigenvalue weighted by atomic mass is 79.9. The van der Waals surface area contributed by atoms with Crippen LogP contribution in [0.25, 0.3) is 0 Å². The van der Waals surface area contributed by atoms with Crippen molar-refractivity contribution in [3.05, 3.63) is 61.3 Å². The van der Waals surface area contributed by atoms with Crippen LogP contribution in [0.15, 0.2) is 45.5 Å². The van der Waals surface area contributed by atoms with Gasteiger partial charge >= 0.3 is 0 Å². The van der Waals surface area contributed by atoms with Crippen molar-refractivity contribution in [3.8, 4) is 0 Å². The molecular weight excluding hydrogens is 394 g/mol. The Balaban J connectivity index is 2.25. The Morgan fingerprint density at radius 3 is 2.60 bits per heavy atom. The molecule has 1 aromatic heterocycles. The highest BCUT2D eigenvalue weighted by Crippen LogP contribution is 2.27. The Morgan fingerprint density at radius 1 is 1.25 bits per heavy atom. The van der Waals surface area contributed by atoms with Crippen molar-refractivity contribution in [1.29, 1.82) is 0 Å². The number of carbonyl (C=O) groups excluding carboxylic acids is 1. The van der Waals surface area contributed by atoms with Gasteiger partial charge in [0.25, 0.3) is 11.6 Å². The zero-order chi connectivity index (χ0) is 14.7. The van der Waals surface area contributed by atoms with Gasteiger partial charge in [-0.2, -0.15) is 0 Å². The normalized spacial score (nSPS) is 10.1. The molecule has 1 heterocycles. The first-order valence-corrected chi connectivity index (χ1v) is 6.93. The van der Waals surface area contributed by atoms with E-state index in [0.29, 0.717) is 10.2 Å². The molecule has 0 spiro atoms. The van der Waals surface area contributed by atoms with Crippen molar-refractivity contribution >= 4 is 49.1 Å². The average molecular weight is 401 g/mol. The zero-order valence-electron chi connectivity index (χ0n) is 9.84. The second kappa shape index (κ2) is 6.10. The van der Waals surface area contributed by atoms with E-state index in [2.05, 4.69) is 42.2 Å². The quantitative estimate of drug-likeness (QED) is 0.627. The average Bonchev–Trinajstić information content (AvgIpc) is 2.41. The van der Waals surface area contributed by atoms with Gasteiger partial charge in [-0.25, -0.2) is 4.98 Å². The van der Waals surface area contributed by atoms with Gasteiger partial charge in [0, 0.05) is 27.3 Å². The zero-order valence-corrected chi connectivity index (χ0v) is 13.0. The summed E-state index contributed by atoms with van der Waals surface area (Å²) in [6.45, 7) is 0. The maximum Gasteiger partial charge on any atom is 0.274 e. The topological polar surface area (TPSA) is 85.1 Å². The molecule has 0 atom stereocenters. The third kappa shape index (κ3) is 3.40. The minimum absolute atomic E-state index is 0.104. The lowest BCUT2D eigenvalue weighted by molar-refractivity contribution is -0.384. The molecule has 20 heavy (non-hydrogen) atoms. The molecule has 1 aromatic carbocycles. The van der Waals surface area contributed by atoms with Gasteiger partial charge < -0.3 is 5.32 Å². The maximum atomic E-state index is 12.0. The predicted octanol–water partition coefficient (Wildman–Crippen LogP) is 3.77. The van der Waals surface area contributed by atoms with Crippen LogP contribution in [0.1, 0.15) is 10.5 Å². The summed E-state index contributed by atoms with van der Waals surface area (Å²) in [5.41, 5.74) is 0.424. The van der Waals surface area contributed by atoms with E-state index in [-0.39, 0.29) is 11.4 Å². The van der Waals surface area contributed by atoms with Gasteiger partial charge in [0.05, 0.1) is 10.6 Å². The number of nitrogens with one attached hydrogen (secondary N) is 1. The van der Waals surface area contributed by atoms with Crippen LogP contribution in [0.3, 0.4) is 0 Å². The Bertz CT molecular complexity index is 674. The number of hydrogen-bond donors (Lipinski definition) is 1. The van der Waals surface area contributed by atoms with Crippen LogP contribution in [0.4, 0.5) is 11.4 Å². The van der Waals surface area contributed by atoms with Gasteiger partial charge in [-0.15, -0.1) is 0 Å². The van der Waals surface area contributed by atoms with Gasteiger partial charge in [0.1, 0.15) is 5.69 Å². The van der Waals surface area contributed by atoms with E-state index in [1.165, 1.54) is 24.4 Å². The summed E-state index contributed by atoms with van der Waals surface area (Å²) < 4.78 is 1.30. The summed E-state index contributed by atoms with van der Waals surface area (Å²) in [6, 6.07) is 7.36. The number of aromatic nitrogens is 1. The number of halogens is 2. The van der Waals surface area contributed by atoms with Crippen molar-refractivity contribution in [3.63, 3.8) is 0 Å². The number of nitro benzene ring substituents is 1. The van der Waals surface area contributed by atoms with E-state index in [1.807, 2.05) is 0 Å². The number of amides is 1. The Labute approximate surface area is 130 Å². The van der Waals surface area contributed by atoms with Crippen LogP contribution in [-0.2, 0) is 0 Å². The molecule has 0 fully saturated rings. The summed E-state index contributed by atoms with van der Waals surface area (Å²) in [5.74, 6) is -0.446. The van der Waals surface area contributed by atoms with Crippen molar-refractivity contribution in [2.75, 3.05) is 5.32 Å². The third-order valence-electron chi connectivity index (χ3n) is 2.37. The fourth-order valence-electron chi connectivity index (χ4n) is 1.42. The number of pyridine rings is 1. The van der Waals surface area contributed by atoms with Crippen LogP contribution in [0.2, 0.25) is 0 Å². The smallest absolute Gasteiger partial charge is 0.274 e. The number of carbonyl (C=O) groups is 1. The number of nitro groups is 1. The molecule has 2 rings (SSSR count). The predicted molar refractivity (Wildman–Crippen MR) is 80.7 cm³/mol. The Hall–Kier alpha value is -1.80. The van der Waals surface area contributed by atoms with E-state index in [0.717, 1.165) is 4.47 Å². The van der Waals surface area contributed by atoms with Crippen LogP contribution in [0.5, 0.6) is 0 Å². The minimum Gasteiger partial charge on any atom is -0.319 e. The molecule has 1 amide bonds. The lowest BCUT2D eigenvalue weighted by atomic mass is 10.2. The van der Waals surface area contributed by atoms with E-state index in [9.17, 15) is 14.9 Å². The second-order valence-corrected chi connectivity index (χ2v) is 5.51. The summed E-state index contributed by atoms with van der Waals surface area (Å²) >= 11 is 6.45. The highest BCUT2D eigenvalue weighted by Gasteiger charge is 2.13. The number of benzene rings is 1. The summed E-state index contributed by atoms with van der Waals surface area (Å²) in [7, 11) is 0. The molecule has 0 radical (unpaired) electrons. The molecular formula is C12H7Br2N3O3. The fourth-order valence-corrected chi connectivity index (χ4v) is 2.00. The summed E-state index contributed by atoms with van der Waals surface area (Å²) in [4.78, 5) is 26.1. The second-order valence-electron chi connectivity index (χ2n) is 3.74. The lowest BCUT2D eigenvalue weighted by Crippen LogP contribution is -2.14. The highest BCUT2D eigenvalue weighted by molar-refractivity contribution is 9.10. The van der Waals surface area contributed by atoms with E-state index in [4.69, 9.17) is 0 Å². The van der Waals surface area contributed by atoms with Crippen LogP contribution in [0, 0.1) is 10.1 Å². The number of nitrogens with zero attached hydrogens (tertiary/aromatic N) is 2. The Kier molecular flexibility index (Phi) is 4.46. The van der Waals surface area contributed by atoms with Crippen LogP contribution < -0.4 is 5.32 Å². The molecule has 0 saturated heterocycles. The van der Waals surface area contributed by atoms with E-state index >= 15 is 0 Å². The van der Waals surface area contributed by atoms with Crippen molar-refractivity contribution in [1.82, 2.24) is 4.98 Å². The molecule has 102 valence electrons. The molecule has 0 bridgehead atoms. The standard InChI is InChI=1S/C12H7Br2N3O3/c13-7-1-4-10(15-6-7)12(18)16-11-5-8(17(19)20)2-3-9(11)14/h1-6H,(H,16,18). The van der Waals surface area contributed by atoms with Crippen molar-refractivity contribution < 1.29 is 9.72 Å². The van der Waals surface area contributed by atoms with Crippen molar-refractivity contribution in [2.24, 2.45) is 0 Å². The molecule has 1 N–H and O–H groups in total. The van der Waals surface area contributed by atoms with Crippen LogP contribution >= 0.6 is 31.9 Å². The van der Waals surface area contributed by atoms with Crippen molar-refractivity contribution in [2.45, 2.75) is 0 Å². The van der Waals surface area contributed by atoms with Gasteiger partial charge in [-0.1, -0.05) is 0 Å². The van der Waals surface area contributed by atoms with Crippen LogP contribution in [-0.4, -0.2) is 15.8 Å². The SMILES string of the molecule is O=C(Nc1cc([N+](=O)[O-])ccc1Br)c1ccc(Br)cn1. The number of rotatable bonds is 3.